The predicted octanol–water partition coefficient (Wildman–Crippen LogP) is 1.95. The molecule has 0 aromatic heterocycles. The molecule has 0 bridgehead atoms. The van der Waals surface area contributed by atoms with Crippen molar-refractivity contribution in [1.82, 2.24) is 4.90 Å². The Hall–Kier alpha value is -1.62. The average Bonchev–Trinajstić information content (AvgIpc) is 2.37. The van der Waals surface area contributed by atoms with Crippen LogP contribution in [-0.2, 0) is 0 Å². The quantitative estimate of drug-likeness (QED) is 0.612. The standard InChI is InChI=1S/C14H21FN2O2/c1-10-8-11(16)9-12(13(10)15)14(19)17(2)6-4-3-5-7-18/h8-9,18H,3-7,16H2,1-2H3. The molecule has 19 heavy (non-hydrogen) atoms. The van der Waals surface area contributed by atoms with Gasteiger partial charge in [-0.05, 0) is 43.9 Å². The first-order chi connectivity index (χ1) is 8.97. The Kier molecular flexibility index (Phi) is 5.76. The van der Waals surface area contributed by atoms with E-state index in [9.17, 15) is 9.18 Å². The number of benzene rings is 1. The maximum absolute atomic E-state index is 13.9. The summed E-state index contributed by atoms with van der Waals surface area (Å²) in [5.74, 6) is -0.877. The topological polar surface area (TPSA) is 66.6 Å². The van der Waals surface area contributed by atoms with Gasteiger partial charge in [0.05, 0.1) is 5.56 Å². The van der Waals surface area contributed by atoms with Crippen LogP contribution in [0, 0.1) is 12.7 Å². The minimum Gasteiger partial charge on any atom is -0.399 e. The lowest BCUT2D eigenvalue weighted by molar-refractivity contribution is 0.0787. The highest BCUT2D eigenvalue weighted by atomic mass is 19.1. The van der Waals surface area contributed by atoms with Gasteiger partial charge in [0.1, 0.15) is 5.82 Å². The molecule has 1 rings (SSSR count). The van der Waals surface area contributed by atoms with Crippen LogP contribution in [0.25, 0.3) is 0 Å². The molecule has 0 heterocycles. The zero-order valence-electron chi connectivity index (χ0n) is 11.4. The summed E-state index contributed by atoms with van der Waals surface area (Å²) in [4.78, 5) is 13.6. The van der Waals surface area contributed by atoms with E-state index in [1.54, 1.807) is 14.0 Å². The molecular weight excluding hydrogens is 247 g/mol. The van der Waals surface area contributed by atoms with Gasteiger partial charge >= 0.3 is 0 Å². The molecule has 0 saturated carbocycles. The van der Waals surface area contributed by atoms with Gasteiger partial charge in [0.2, 0.25) is 0 Å². The number of hydrogen-bond donors (Lipinski definition) is 2. The van der Waals surface area contributed by atoms with Gasteiger partial charge in [-0.25, -0.2) is 4.39 Å². The molecule has 0 radical (unpaired) electrons. The second kappa shape index (κ2) is 7.09. The zero-order chi connectivity index (χ0) is 14.4. The highest BCUT2D eigenvalue weighted by Gasteiger charge is 2.18. The third kappa shape index (κ3) is 4.21. The molecule has 0 aliphatic heterocycles. The van der Waals surface area contributed by atoms with E-state index in [-0.39, 0.29) is 18.1 Å². The number of aliphatic hydroxyl groups excluding tert-OH is 1. The number of nitrogens with zero attached hydrogens (tertiary/aromatic N) is 1. The van der Waals surface area contributed by atoms with Crippen molar-refractivity contribution in [2.45, 2.75) is 26.2 Å². The highest BCUT2D eigenvalue weighted by molar-refractivity contribution is 5.95. The van der Waals surface area contributed by atoms with Crippen molar-refractivity contribution in [1.29, 1.82) is 0 Å². The van der Waals surface area contributed by atoms with Gasteiger partial charge in [-0.1, -0.05) is 0 Å². The van der Waals surface area contributed by atoms with Crippen molar-refractivity contribution in [3.63, 3.8) is 0 Å². The number of carbonyl (C=O) groups is 1. The third-order valence-electron chi connectivity index (χ3n) is 3.01. The summed E-state index contributed by atoms with van der Waals surface area (Å²) >= 11 is 0. The smallest absolute Gasteiger partial charge is 0.256 e. The summed E-state index contributed by atoms with van der Waals surface area (Å²) in [6.07, 6.45) is 2.34. The van der Waals surface area contributed by atoms with Gasteiger partial charge in [-0.15, -0.1) is 0 Å². The molecule has 0 unspecified atom stereocenters. The summed E-state index contributed by atoms with van der Waals surface area (Å²) in [5.41, 5.74) is 6.41. The van der Waals surface area contributed by atoms with Gasteiger partial charge in [0.25, 0.3) is 5.91 Å². The van der Waals surface area contributed by atoms with E-state index in [0.717, 1.165) is 12.8 Å². The number of rotatable bonds is 6. The number of aryl methyl sites for hydroxylation is 1. The molecule has 106 valence electrons. The minimum absolute atomic E-state index is 0.0159. The number of anilines is 1. The Balaban J connectivity index is 2.71. The number of halogens is 1. The van der Waals surface area contributed by atoms with Crippen LogP contribution >= 0.6 is 0 Å². The number of carbonyl (C=O) groups excluding carboxylic acids is 1. The monoisotopic (exact) mass is 268 g/mol. The van der Waals surface area contributed by atoms with Crippen molar-refractivity contribution in [2.24, 2.45) is 0 Å². The van der Waals surface area contributed by atoms with Gasteiger partial charge in [0.15, 0.2) is 0 Å². The van der Waals surface area contributed by atoms with E-state index in [0.29, 0.717) is 24.2 Å². The van der Waals surface area contributed by atoms with Crippen molar-refractivity contribution in [3.05, 3.63) is 29.1 Å². The van der Waals surface area contributed by atoms with Crippen LogP contribution in [0.5, 0.6) is 0 Å². The summed E-state index contributed by atoms with van der Waals surface area (Å²) in [5, 5.41) is 8.67. The molecule has 0 atom stereocenters. The first-order valence-corrected chi connectivity index (χ1v) is 6.39. The van der Waals surface area contributed by atoms with Crippen LogP contribution in [0.3, 0.4) is 0 Å². The van der Waals surface area contributed by atoms with Crippen LogP contribution in [0.1, 0.15) is 35.2 Å². The Bertz CT molecular complexity index is 449. The van der Waals surface area contributed by atoms with Crippen LogP contribution in [0.4, 0.5) is 10.1 Å². The minimum atomic E-state index is -0.513. The molecule has 1 aromatic carbocycles. The van der Waals surface area contributed by atoms with Crippen molar-refractivity contribution < 1.29 is 14.3 Å². The molecule has 5 heteroatoms. The molecule has 0 fully saturated rings. The van der Waals surface area contributed by atoms with Crippen LogP contribution in [0.15, 0.2) is 12.1 Å². The van der Waals surface area contributed by atoms with Gasteiger partial charge < -0.3 is 15.7 Å². The fourth-order valence-electron chi connectivity index (χ4n) is 1.90. The van der Waals surface area contributed by atoms with Crippen molar-refractivity contribution >= 4 is 11.6 Å². The van der Waals surface area contributed by atoms with E-state index in [1.807, 2.05) is 0 Å². The Morgan fingerprint density at radius 1 is 1.37 bits per heavy atom. The second-order valence-corrected chi connectivity index (χ2v) is 4.71. The molecule has 3 N–H and O–H groups in total. The summed E-state index contributed by atoms with van der Waals surface area (Å²) in [6, 6.07) is 2.88. The lowest BCUT2D eigenvalue weighted by atomic mass is 10.1. The molecule has 1 amide bonds. The number of aliphatic hydroxyl groups is 1. The van der Waals surface area contributed by atoms with Crippen molar-refractivity contribution in [2.75, 3.05) is 25.9 Å². The number of unbranched alkanes of at least 4 members (excludes halogenated alkanes) is 2. The highest BCUT2D eigenvalue weighted by Crippen LogP contribution is 2.18. The number of nitrogen functional groups attached to an aromatic ring is 1. The van der Waals surface area contributed by atoms with Crippen molar-refractivity contribution in [3.8, 4) is 0 Å². The fourth-order valence-corrected chi connectivity index (χ4v) is 1.90. The van der Waals surface area contributed by atoms with Gasteiger partial charge in [0, 0.05) is 25.9 Å². The molecule has 0 saturated heterocycles. The van der Waals surface area contributed by atoms with E-state index < -0.39 is 5.82 Å². The maximum atomic E-state index is 13.9. The molecule has 1 aromatic rings. The number of amides is 1. The Morgan fingerprint density at radius 2 is 2.05 bits per heavy atom. The summed E-state index contributed by atoms with van der Waals surface area (Å²) < 4.78 is 13.9. The fraction of sp³-hybridized carbons (Fsp3) is 0.500. The van der Waals surface area contributed by atoms with E-state index >= 15 is 0 Å². The first-order valence-electron chi connectivity index (χ1n) is 6.39. The zero-order valence-corrected chi connectivity index (χ0v) is 11.4. The largest absolute Gasteiger partial charge is 0.399 e. The molecular formula is C14H21FN2O2. The second-order valence-electron chi connectivity index (χ2n) is 4.71. The van der Waals surface area contributed by atoms with E-state index in [1.165, 1.54) is 17.0 Å². The number of hydrogen-bond acceptors (Lipinski definition) is 3. The predicted molar refractivity (Wildman–Crippen MR) is 73.4 cm³/mol. The lowest BCUT2D eigenvalue weighted by Gasteiger charge is -2.18. The SMILES string of the molecule is Cc1cc(N)cc(C(=O)N(C)CCCCCO)c1F. The maximum Gasteiger partial charge on any atom is 0.256 e. The van der Waals surface area contributed by atoms with Crippen LogP contribution in [0.2, 0.25) is 0 Å². The normalized spacial score (nSPS) is 10.5. The Morgan fingerprint density at radius 3 is 2.68 bits per heavy atom. The number of nitrogens with two attached hydrogens (primary N) is 1. The first kappa shape index (κ1) is 15.4. The third-order valence-corrected chi connectivity index (χ3v) is 3.01. The van der Waals surface area contributed by atoms with Gasteiger partial charge in [-0.3, -0.25) is 4.79 Å². The molecule has 0 spiro atoms. The lowest BCUT2D eigenvalue weighted by Crippen LogP contribution is -2.28. The summed E-state index contributed by atoms with van der Waals surface area (Å²) in [7, 11) is 1.64. The molecule has 4 nitrogen and oxygen atoms in total. The molecule has 0 aliphatic carbocycles. The van der Waals surface area contributed by atoms with E-state index in [4.69, 9.17) is 10.8 Å². The Labute approximate surface area is 113 Å². The van der Waals surface area contributed by atoms with Crippen LogP contribution < -0.4 is 5.73 Å². The average molecular weight is 268 g/mol. The van der Waals surface area contributed by atoms with Crippen LogP contribution in [-0.4, -0.2) is 36.1 Å². The molecule has 0 aliphatic rings. The summed E-state index contributed by atoms with van der Waals surface area (Å²) in [6.45, 7) is 2.27. The van der Waals surface area contributed by atoms with E-state index in [2.05, 4.69) is 0 Å². The van der Waals surface area contributed by atoms with Gasteiger partial charge in [-0.2, -0.15) is 0 Å².